The molecule has 0 aliphatic carbocycles. The van der Waals surface area contributed by atoms with Crippen LogP contribution in [0.25, 0.3) is 0 Å². The fraction of sp³-hybridized carbons (Fsp3) is 0.866. The molecule has 1 unspecified atom stereocenters. The SMILES string of the molecule is CCCCCCCC/C=C\CCCCCCCC(=O)OCC(COC(=O)CCCCCCCCCCCCCCC/C=C\CCCCCCCCCC)OC(=O)CCCCCCC/C=C\CCCCCCCC. The van der Waals surface area contributed by atoms with Gasteiger partial charge in [0.25, 0.3) is 0 Å². The van der Waals surface area contributed by atoms with Crippen LogP contribution in [-0.4, -0.2) is 37.2 Å². The Kier molecular flexibility index (Phi) is 60.2. The molecule has 6 heteroatoms. The first-order chi connectivity index (χ1) is 36.0. The number of esters is 3. The molecule has 0 aromatic heterocycles. The number of hydrogen-bond donors (Lipinski definition) is 0. The van der Waals surface area contributed by atoms with Gasteiger partial charge in [-0.15, -0.1) is 0 Å². The first kappa shape index (κ1) is 70.6. The summed E-state index contributed by atoms with van der Waals surface area (Å²) in [4.78, 5) is 38.3. The van der Waals surface area contributed by atoms with Crippen LogP contribution in [0.3, 0.4) is 0 Å². The maximum Gasteiger partial charge on any atom is 0.306 e. The monoisotopic (exact) mass is 1020 g/mol. The molecule has 0 bridgehead atoms. The zero-order valence-corrected chi connectivity index (χ0v) is 49.2. The fourth-order valence-electron chi connectivity index (χ4n) is 9.67. The summed E-state index contributed by atoms with van der Waals surface area (Å²) in [6.07, 6.45) is 75.8. The van der Waals surface area contributed by atoms with Crippen LogP contribution in [0.1, 0.15) is 355 Å². The Morgan fingerprint density at radius 2 is 0.452 bits per heavy atom. The predicted octanol–water partition coefficient (Wildman–Crippen LogP) is 22.0. The van der Waals surface area contributed by atoms with Gasteiger partial charge in [0.1, 0.15) is 13.2 Å². The molecular weight excluding hydrogens is 901 g/mol. The zero-order valence-electron chi connectivity index (χ0n) is 49.2. The van der Waals surface area contributed by atoms with Gasteiger partial charge in [-0.1, -0.05) is 276 Å². The van der Waals surface area contributed by atoms with E-state index in [9.17, 15) is 14.4 Å². The van der Waals surface area contributed by atoms with Crippen molar-refractivity contribution < 1.29 is 28.6 Å². The summed E-state index contributed by atoms with van der Waals surface area (Å²) in [5.74, 6) is -0.871. The molecule has 0 spiro atoms. The second-order valence-electron chi connectivity index (χ2n) is 22.0. The van der Waals surface area contributed by atoms with E-state index in [0.29, 0.717) is 19.3 Å². The van der Waals surface area contributed by atoms with Gasteiger partial charge in [0, 0.05) is 19.3 Å². The van der Waals surface area contributed by atoms with Crippen LogP contribution in [0.2, 0.25) is 0 Å². The van der Waals surface area contributed by atoms with Crippen molar-refractivity contribution in [1.29, 1.82) is 0 Å². The van der Waals surface area contributed by atoms with Crippen LogP contribution in [0, 0.1) is 0 Å². The van der Waals surface area contributed by atoms with E-state index >= 15 is 0 Å². The van der Waals surface area contributed by atoms with Crippen molar-refractivity contribution in [3.63, 3.8) is 0 Å². The summed E-state index contributed by atoms with van der Waals surface area (Å²) >= 11 is 0. The van der Waals surface area contributed by atoms with Crippen LogP contribution in [0.5, 0.6) is 0 Å². The van der Waals surface area contributed by atoms with Crippen LogP contribution in [0.15, 0.2) is 36.5 Å². The highest BCUT2D eigenvalue weighted by molar-refractivity contribution is 5.71. The molecule has 428 valence electrons. The summed E-state index contributed by atoms with van der Waals surface area (Å²) in [7, 11) is 0. The highest BCUT2D eigenvalue weighted by Crippen LogP contribution is 2.17. The molecule has 0 saturated carbocycles. The van der Waals surface area contributed by atoms with Gasteiger partial charge in [-0.3, -0.25) is 14.4 Å². The average molecular weight is 1030 g/mol. The molecular formula is C67H124O6. The zero-order chi connectivity index (χ0) is 52.9. The van der Waals surface area contributed by atoms with Crippen molar-refractivity contribution in [1.82, 2.24) is 0 Å². The number of ether oxygens (including phenoxy) is 3. The molecule has 0 heterocycles. The highest BCUT2D eigenvalue weighted by atomic mass is 16.6. The van der Waals surface area contributed by atoms with Gasteiger partial charge in [0.2, 0.25) is 0 Å². The van der Waals surface area contributed by atoms with E-state index in [1.165, 1.54) is 244 Å². The minimum absolute atomic E-state index is 0.0750. The van der Waals surface area contributed by atoms with E-state index in [1.54, 1.807) is 0 Å². The number of allylic oxidation sites excluding steroid dienone is 6. The molecule has 0 aromatic carbocycles. The van der Waals surface area contributed by atoms with E-state index in [4.69, 9.17) is 14.2 Å². The second-order valence-corrected chi connectivity index (χ2v) is 22.0. The highest BCUT2D eigenvalue weighted by Gasteiger charge is 2.19. The standard InChI is InChI=1S/C67H124O6/c1-4-7-10-13-16-19-22-25-28-29-30-31-32-33-34-35-36-37-40-42-45-48-51-54-57-60-66(69)72-63-64(73-67(70)61-58-55-52-49-46-43-39-27-24-21-18-15-12-9-6-3)62-71-65(68)59-56-53-50-47-44-41-38-26-23-20-17-14-11-8-5-2/h26-27,29-30,38-39,64H,4-25,28,31-37,40-63H2,1-3H3/b30-29-,38-26-,39-27-. The third-order valence-corrected chi connectivity index (χ3v) is 14.6. The number of unbranched alkanes of at least 4 members (excludes halogenated alkanes) is 43. The van der Waals surface area contributed by atoms with E-state index in [-0.39, 0.29) is 31.1 Å². The average Bonchev–Trinajstić information content (AvgIpc) is 3.39. The van der Waals surface area contributed by atoms with Crippen molar-refractivity contribution in [2.45, 2.75) is 361 Å². The normalized spacial score (nSPS) is 12.2. The molecule has 0 aliphatic rings. The van der Waals surface area contributed by atoms with E-state index in [0.717, 1.165) is 70.6 Å². The van der Waals surface area contributed by atoms with E-state index < -0.39 is 6.10 Å². The molecule has 0 radical (unpaired) electrons. The summed E-state index contributed by atoms with van der Waals surface area (Å²) in [6.45, 7) is 6.67. The first-order valence-electron chi connectivity index (χ1n) is 32.5. The number of carbonyl (C=O) groups excluding carboxylic acids is 3. The molecule has 0 aliphatic heterocycles. The number of rotatable bonds is 60. The van der Waals surface area contributed by atoms with Crippen LogP contribution < -0.4 is 0 Å². The third-order valence-electron chi connectivity index (χ3n) is 14.6. The van der Waals surface area contributed by atoms with Gasteiger partial charge < -0.3 is 14.2 Å². The maximum absolute atomic E-state index is 12.9. The minimum Gasteiger partial charge on any atom is -0.462 e. The summed E-state index contributed by atoms with van der Waals surface area (Å²) in [5, 5.41) is 0. The summed E-state index contributed by atoms with van der Waals surface area (Å²) in [6, 6.07) is 0. The lowest BCUT2D eigenvalue weighted by Crippen LogP contribution is -2.30. The van der Waals surface area contributed by atoms with Crippen LogP contribution in [0.4, 0.5) is 0 Å². The lowest BCUT2D eigenvalue weighted by atomic mass is 10.0. The quantitative estimate of drug-likeness (QED) is 0.0261. The third kappa shape index (κ3) is 60.4. The Labute approximate surface area is 455 Å². The van der Waals surface area contributed by atoms with E-state index in [1.807, 2.05) is 0 Å². The maximum atomic E-state index is 12.9. The summed E-state index contributed by atoms with van der Waals surface area (Å²) in [5.41, 5.74) is 0. The Balaban J connectivity index is 4.26. The van der Waals surface area contributed by atoms with Crippen LogP contribution >= 0.6 is 0 Å². The van der Waals surface area contributed by atoms with E-state index in [2.05, 4.69) is 57.2 Å². The molecule has 0 amide bonds. The molecule has 0 aromatic rings. The Morgan fingerprint density at radius 3 is 0.685 bits per heavy atom. The fourth-order valence-corrected chi connectivity index (χ4v) is 9.67. The minimum atomic E-state index is -0.779. The van der Waals surface area contributed by atoms with Crippen molar-refractivity contribution in [2.24, 2.45) is 0 Å². The topological polar surface area (TPSA) is 78.9 Å². The Morgan fingerprint density at radius 1 is 0.260 bits per heavy atom. The molecule has 0 rings (SSSR count). The Hall–Kier alpha value is -2.37. The lowest BCUT2D eigenvalue weighted by molar-refractivity contribution is -0.167. The van der Waals surface area contributed by atoms with Gasteiger partial charge in [-0.2, -0.15) is 0 Å². The molecule has 6 nitrogen and oxygen atoms in total. The Bertz CT molecular complexity index is 1220. The van der Waals surface area contributed by atoms with Gasteiger partial charge in [-0.25, -0.2) is 0 Å². The molecule has 1 atom stereocenters. The van der Waals surface area contributed by atoms with Crippen molar-refractivity contribution >= 4 is 17.9 Å². The lowest BCUT2D eigenvalue weighted by Gasteiger charge is -2.18. The summed E-state index contributed by atoms with van der Waals surface area (Å²) < 4.78 is 16.9. The van der Waals surface area contributed by atoms with Crippen molar-refractivity contribution in [3.05, 3.63) is 36.5 Å². The van der Waals surface area contributed by atoms with Gasteiger partial charge in [0.05, 0.1) is 0 Å². The predicted molar refractivity (Wildman–Crippen MR) is 316 cm³/mol. The van der Waals surface area contributed by atoms with Gasteiger partial charge >= 0.3 is 17.9 Å². The van der Waals surface area contributed by atoms with Crippen LogP contribution in [-0.2, 0) is 28.6 Å². The molecule has 73 heavy (non-hydrogen) atoms. The second kappa shape index (κ2) is 62.2. The first-order valence-corrected chi connectivity index (χ1v) is 32.5. The van der Waals surface area contributed by atoms with Crippen molar-refractivity contribution in [2.75, 3.05) is 13.2 Å². The molecule has 0 saturated heterocycles. The molecule has 0 fully saturated rings. The number of hydrogen-bond acceptors (Lipinski definition) is 6. The number of carbonyl (C=O) groups is 3. The molecule has 0 N–H and O–H groups in total. The smallest absolute Gasteiger partial charge is 0.306 e. The van der Waals surface area contributed by atoms with Crippen molar-refractivity contribution in [3.8, 4) is 0 Å². The van der Waals surface area contributed by atoms with Gasteiger partial charge in [0.15, 0.2) is 6.10 Å². The van der Waals surface area contributed by atoms with Gasteiger partial charge in [-0.05, 0) is 96.3 Å². The largest absolute Gasteiger partial charge is 0.462 e.